The van der Waals surface area contributed by atoms with Crippen molar-refractivity contribution in [1.82, 2.24) is 0 Å². The molecule has 0 bridgehead atoms. The van der Waals surface area contributed by atoms with Crippen molar-refractivity contribution < 1.29 is 28.4 Å². The van der Waals surface area contributed by atoms with Crippen LogP contribution in [0.15, 0.2) is 48.5 Å². The summed E-state index contributed by atoms with van der Waals surface area (Å²) in [6, 6.07) is 13.8. The van der Waals surface area contributed by atoms with E-state index in [-0.39, 0.29) is 0 Å². The summed E-state index contributed by atoms with van der Waals surface area (Å²) in [5.74, 6) is 1.08. The largest absolute Gasteiger partial charge is 0.658 e. The minimum Gasteiger partial charge on any atom is -0.526 e. The molecule has 0 atom stereocenters. The zero-order chi connectivity index (χ0) is 24.8. The molecule has 2 aromatic carbocycles. The van der Waals surface area contributed by atoms with E-state index >= 15 is 0 Å². The summed E-state index contributed by atoms with van der Waals surface area (Å²) >= 11 is 0. The third-order valence-electron chi connectivity index (χ3n) is 4.15. The summed E-state index contributed by atoms with van der Waals surface area (Å²) in [5, 5.41) is 0. The van der Waals surface area contributed by atoms with Gasteiger partial charge in [-0.3, -0.25) is 9.80 Å². The molecule has 0 aliphatic rings. The van der Waals surface area contributed by atoms with Gasteiger partial charge in [0.1, 0.15) is 22.7 Å². The van der Waals surface area contributed by atoms with Crippen LogP contribution in [0.2, 0.25) is 0 Å². The molecule has 2 aromatic rings. The van der Waals surface area contributed by atoms with Gasteiger partial charge in [0.15, 0.2) is 0 Å². The molecular formula is C24H32BN2O6. The lowest BCUT2D eigenvalue weighted by Gasteiger charge is -2.24. The molecule has 2 rings (SSSR count). The molecule has 0 spiro atoms. The number of anilines is 2. The number of amides is 2. The lowest BCUT2D eigenvalue weighted by molar-refractivity contribution is 0.0578. The van der Waals surface area contributed by atoms with Gasteiger partial charge in [-0.1, -0.05) is 0 Å². The lowest BCUT2D eigenvalue weighted by atomic mass is 10.2. The molecule has 0 saturated carbocycles. The van der Waals surface area contributed by atoms with Gasteiger partial charge < -0.3 is 18.8 Å². The molecule has 2 amide bonds. The first-order valence-corrected chi connectivity index (χ1v) is 10.5. The fourth-order valence-electron chi connectivity index (χ4n) is 2.50. The van der Waals surface area contributed by atoms with E-state index < -0.39 is 23.4 Å². The SMILES string of the molecule is CN(C(=O)OC(C)(C)C)c1ccc(O[B]Oc2ccc(N(C)C(=O)OC(C)(C)C)cc2)cc1. The number of hydrogen-bond donors (Lipinski definition) is 0. The van der Waals surface area contributed by atoms with E-state index in [4.69, 9.17) is 18.8 Å². The second kappa shape index (κ2) is 10.5. The van der Waals surface area contributed by atoms with Crippen molar-refractivity contribution in [2.75, 3.05) is 23.9 Å². The van der Waals surface area contributed by atoms with Crippen LogP contribution in [-0.2, 0) is 9.47 Å². The summed E-state index contributed by atoms with van der Waals surface area (Å²) in [6.45, 7) is 10.9. The van der Waals surface area contributed by atoms with Gasteiger partial charge in [-0.05, 0) is 90.1 Å². The Bertz CT molecular complexity index is 856. The third-order valence-corrected chi connectivity index (χ3v) is 4.15. The van der Waals surface area contributed by atoms with Gasteiger partial charge >= 0.3 is 19.9 Å². The number of rotatable bonds is 6. The van der Waals surface area contributed by atoms with Gasteiger partial charge in [0.2, 0.25) is 0 Å². The predicted molar refractivity (Wildman–Crippen MR) is 129 cm³/mol. The molecule has 1 radical (unpaired) electrons. The maximum Gasteiger partial charge on any atom is 0.658 e. The second-order valence-corrected chi connectivity index (χ2v) is 9.40. The van der Waals surface area contributed by atoms with E-state index in [9.17, 15) is 9.59 Å². The zero-order valence-electron chi connectivity index (χ0n) is 20.5. The number of benzene rings is 2. The van der Waals surface area contributed by atoms with Crippen molar-refractivity contribution in [1.29, 1.82) is 0 Å². The summed E-state index contributed by atoms with van der Waals surface area (Å²) in [6.07, 6.45) is -0.876. The van der Waals surface area contributed by atoms with E-state index in [1.807, 2.05) is 41.5 Å². The first-order chi connectivity index (χ1) is 15.2. The highest BCUT2D eigenvalue weighted by Gasteiger charge is 2.21. The topological polar surface area (TPSA) is 77.5 Å². The number of ether oxygens (including phenoxy) is 2. The predicted octanol–water partition coefficient (Wildman–Crippen LogP) is 5.42. The Morgan fingerprint density at radius 1 is 0.636 bits per heavy atom. The average molecular weight is 455 g/mol. The Balaban J connectivity index is 1.85. The van der Waals surface area contributed by atoms with Crippen LogP contribution in [0.4, 0.5) is 21.0 Å². The Morgan fingerprint density at radius 2 is 0.939 bits per heavy atom. The number of carbonyl (C=O) groups excluding carboxylic acids is 2. The standard InChI is InChI=1S/C24H32BN2O6/c1-23(2,3)30-21(28)26(7)17-9-13-19(14-10-17)32-25-33-20-15-11-18(12-16-20)27(8)22(29)31-24(4,5)6/h9-16H,1-8H3. The molecule has 0 unspecified atom stereocenters. The molecule has 0 aliphatic carbocycles. The molecule has 0 N–H and O–H groups in total. The highest BCUT2D eigenvalue weighted by atomic mass is 16.6. The van der Waals surface area contributed by atoms with Crippen molar-refractivity contribution in [2.45, 2.75) is 52.7 Å². The Hall–Kier alpha value is -3.36. The smallest absolute Gasteiger partial charge is 0.526 e. The molecular weight excluding hydrogens is 423 g/mol. The quantitative estimate of drug-likeness (QED) is 0.542. The molecule has 0 fully saturated rings. The van der Waals surface area contributed by atoms with Gasteiger partial charge in [-0.15, -0.1) is 0 Å². The number of carbonyl (C=O) groups is 2. The Labute approximate surface area is 196 Å². The normalized spacial score (nSPS) is 11.3. The van der Waals surface area contributed by atoms with E-state index in [1.54, 1.807) is 62.6 Å². The molecule has 0 saturated heterocycles. The minimum atomic E-state index is -0.565. The van der Waals surface area contributed by atoms with Crippen LogP contribution in [0.25, 0.3) is 0 Å². The summed E-state index contributed by atoms with van der Waals surface area (Å²) < 4.78 is 21.7. The fraction of sp³-hybridized carbons (Fsp3) is 0.417. The van der Waals surface area contributed by atoms with Gasteiger partial charge in [-0.25, -0.2) is 9.59 Å². The Kier molecular flexibility index (Phi) is 8.25. The highest BCUT2D eigenvalue weighted by Crippen LogP contribution is 2.22. The van der Waals surface area contributed by atoms with Crippen molar-refractivity contribution in [3.8, 4) is 11.5 Å². The number of nitrogens with zero attached hydrogens (tertiary/aromatic N) is 2. The van der Waals surface area contributed by atoms with Crippen LogP contribution in [0.1, 0.15) is 41.5 Å². The summed E-state index contributed by atoms with van der Waals surface area (Å²) in [4.78, 5) is 27.2. The maximum atomic E-state index is 12.2. The second-order valence-electron chi connectivity index (χ2n) is 9.40. The van der Waals surface area contributed by atoms with Gasteiger partial charge in [0.05, 0.1) is 0 Å². The zero-order valence-corrected chi connectivity index (χ0v) is 20.5. The average Bonchev–Trinajstić information content (AvgIpc) is 2.71. The number of hydrogen-bond acceptors (Lipinski definition) is 6. The lowest BCUT2D eigenvalue weighted by Crippen LogP contribution is -2.34. The van der Waals surface area contributed by atoms with Gasteiger partial charge in [-0.2, -0.15) is 0 Å². The molecule has 0 aliphatic heterocycles. The van der Waals surface area contributed by atoms with Gasteiger partial charge in [0, 0.05) is 25.5 Å². The van der Waals surface area contributed by atoms with Crippen molar-refractivity contribution in [3.05, 3.63) is 48.5 Å². The van der Waals surface area contributed by atoms with Crippen molar-refractivity contribution in [2.24, 2.45) is 0 Å². The summed E-state index contributed by atoms with van der Waals surface area (Å²) in [7, 11) is 4.49. The highest BCUT2D eigenvalue weighted by molar-refractivity contribution is 6.20. The van der Waals surface area contributed by atoms with Crippen LogP contribution in [-0.4, -0.2) is 45.2 Å². The fourth-order valence-corrected chi connectivity index (χ4v) is 2.50. The van der Waals surface area contributed by atoms with Crippen molar-refractivity contribution in [3.63, 3.8) is 0 Å². The Morgan fingerprint density at radius 3 is 1.21 bits per heavy atom. The van der Waals surface area contributed by atoms with E-state index in [0.717, 1.165) is 0 Å². The van der Waals surface area contributed by atoms with E-state index in [0.29, 0.717) is 22.9 Å². The summed E-state index contributed by atoms with van der Waals surface area (Å²) in [5.41, 5.74) is 0.207. The van der Waals surface area contributed by atoms with Crippen LogP contribution >= 0.6 is 0 Å². The van der Waals surface area contributed by atoms with Gasteiger partial charge in [0.25, 0.3) is 0 Å². The van der Waals surface area contributed by atoms with Crippen LogP contribution in [0, 0.1) is 0 Å². The van der Waals surface area contributed by atoms with Crippen molar-refractivity contribution >= 4 is 31.2 Å². The minimum absolute atomic E-state index is 0.438. The van der Waals surface area contributed by atoms with E-state index in [1.165, 1.54) is 17.5 Å². The molecule has 177 valence electrons. The van der Waals surface area contributed by atoms with E-state index in [2.05, 4.69) is 0 Å². The first-order valence-electron chi connectivity index (χ1n) is 10.5. The van der Waals surface area contributed by atoms with Crippen LogP contribution < -0.4 is 19.1 Å². The molecule has 8 nitrogen and oxygen atoms in total. The maximum absolute atomic E-state index is 12.2. The molecule has 0 heterocycles. The third kappa shape index (κ3) is 8.59. The first kappa shape index (κ1) is 25.9. The molecule has 0 aromatic heterocycles. The van der Waals surface area contributed by atoms with Crippen LogP contribution in [0.5, 0.6) is 11.5 Å². The monoisotopic (exact) mass is 455 g/mol. The molecule has 33 heavy (non-hydrogen) atoms. The van der Waals surface area contributed by atoms with Crippen LogP contribution in [0.3, 0.4) is 0 Å². The molecule has 9 heteroatoms.